The highest BCUT2D eigenvalue weighted by Crippen LogP contribution is 2.28. The number of aromatic nitrogens is 1. The van der Waals surface area contributed by atoms with Crippen molar-refractivity contribution in [2.75, 3.05) is 19.5 Å². The maximum absolute atomic E-state index is 12.7. The molecule has 29 heavy (non-hydrogen) atoms. The Morgan fingerprint density at radius 3 is 2.55 bits per heavy atom. The van der Waals surface area contributed by atoms with Gasteiger partial charge in [0.15, 0.2) is 5.13 Å². The van der Waals surface area contributed by atoms with Crippen molar-refractivity contribution in [3.8, 4) is 11.5 Å². The Bertz CT molecular complexity index is 1030. The first kappa shape index (κ1) is 20.7. The first-order valence-corrected chi connectivity index (χ1v) is 10.0. The van der Waals surface area contributed by atoms with Gasteiger partial charge in [-0.05, 0) is 44.5 Å². The van der Waals surface area contributed by atoms with Crippen LogP contribution in [0.2, 0.25) is 0 Å². The van der Waals surface area contributed by atoms with E-state index >= 15 is 0 Å². The fourth-order valence-corrected chi connectivity index (χ4v) is 3.88. The molecule has 152 valence electrons. The summed E-state index contributed by atoms with van der Waals surface area (Å²) < 4.78 is 10.6. The van der Waals surface area contributed by atoms with Crippen LogP contribution in [0.3, 0.4) is 0 Å². The number of carbonyl (C=O) groups is 1. The van der Waals surface area contributed by atoms with Crippen molar-refractivity contribution in [3.05, 3.63) is 63.7 Å². The number of ether oxygens (including phenoxy) is 2. The van der Waals surface area contributed by atoms with Gasteiger partial charge in [0.2, 0.25) is 0 Å². The second kappa shape index (κ2) is 8.96. The molecule has 1 heterocycles. The molecular formula is C22H25N3O3S. The predicted molar refractivity (Wildman–Crippen MR) is 117 cm³/mol. The van der Waals surface area contributed by atoms with Crippen LogP contribution in [0, 0.1) is 20.8 Å². The monoisotopic (exact) mass is 411 g/mol. The molecule has 0 fully saturated rings. The zero-order chi connectivity index (χ0) is 21.0. The molecule has 3 aromatic rings. The van der Waals surface area contributed by atoms with Crippen molar-refractivity contribution in [2.24, 2.45) is 0 Å². The number of hydrogen-bond acceptors (Lipinski definition) is 6. The smallest absolute Gasteiger partial charge is 0.263 e. The topological polar surface area (TPSA) is 72.5 Å². The number of amides is 1. The molecule has 7 heteroatoms. The summed E-state index contributed by atoms with van der Waals surface area (Å²) in [6.45, 7) is 6.30. The van der Waals surface area contributed by atoms with Gasteiger partial charge >= 0.3 is 0 Å². The fraction of sp³-hybridized carbons (Fsp3) is 0.273. The summed E-state index contributed by atoms with van der Waals surface area (Å²) in [5.41, 5.74) is 4.89. The third kappa shape index (κ3) is 4.86. The van der Waals surface area contributed by atoms with E-state index in [0.29, 0.717) is 33.7 Å². The molecule has 0 saturated carbocycles. The number of carbonyl (C=O) groups excluding carboxylic acids is 1. The highest BCUT2D eigenvalue weighted by atomic mass is 32.1. The molecule has 6 nitrogen and oxygen atoms in total. The van der Waals surface area contributed by atoms with Crippen molar-refractivity contribution in [3.63, 3.8) is 0 Å². The SMILES string of the molecule is COc1ccc(CNC(=O)c2sc(Nc3ccc(C)cc3C)nc2C)c(OC)c1. The molecule has 0 aliphatic heterocycles. The van der Waals surface area contributed by atoms with Gasteiger partial charge in [0.25, 0.3) is 5.91 Å². The fourth-order valence-electron chi connectivity index (χ4n) is 2.98. The third-order valence-electron chi connectivity index (χ3n) is 4.56. The van der Waals surface area contributed by atoms with E-state index in [1.54, 1.807) is 20.3 Å². The number of aryl methyl sites for hydroxylation is 3. The van der Waals surface area contributed by atoms with Crippen molar-refractivity contribution in [1.82, 2.24) is 10.3 Å². The zero-order valence-electron chi connectivity index (χ0n) is 17.3. The first-order chi connectivity index (χ1) is 13.9. The standard InChI is InChI=1S/C22H25N3O3S/c1-13-6-9-18(14(2)10-13)25-22-24-15(3)20(29-22)21(26)23-12-16-7-8-17(27-4)11-19(16)28-5/h6-11H,12H2,1-5H3,(H,23,26)(H,24,25). The molecule has 1 aromatic heterocycles. The number of anilines is 2. The molecule has 0 unspecified atom stereocenters. The molecule has 0 aliphatic rings. The van der Waals surface area contributed by atoms with Crippen LogP contribution in [0.4, 0.5) is 10.8 Å². The summed E-state index contributed by atoms with van der Waals surface area (Å²) in [4.78, 5) is 17.8. The Morgan fingerprint density at radius 1 is 1.07 bits per heavy atom. The zero-order valence-corrected chi connectivity index (χ0v) is 18.1. The number of hydrogen-bond donors (Lipinski definition) is 2. The Hall–Kier alpha value is -3.06. The summed E-state index contributed by atoms with van der Waals surface area (Å²) >= 11 is 1.34. The van der Waals surface area contributed by atoms with Crippen LogP contribution < -0.4 is 20.1 Å². The van der Waals surface area contributed by atoms with Crippen LogP contribution in [0.25, 0.3) is 0 Å². The van der Waals surface area contributed by atoms with Gasteiger partial charge in [-0.2, -0.15) is 0 Å². The highest BCUT2D eigenvalue weighted by Gasteiger charge is 2.16. The van der Waals surface area contributed by atoms with E-state index in [9.17, 15) is 4.79 Å². The van der Waals surface area contributed by atoms with Crippen molar-refractivity contribution >= 4 is 28.1 Å². The molecule has 0 radical (unpaired) electrons. The first-order valence-electron chi connectivity index (χ1n) is 9.22. The minimum atomic E-state index is -0.161. The molecule has 2 aromatic carbocycles. The van der Waals surface area contributed by atoms with E-state index in [1.165, 1.54) is 16.9 Å². The van der Waals surface area contributed by atoms with Crippen molar-refractivity contribution in [1.29, 1.82) is 0 Å². The maximum Gasteiger partial charge on any atom is 0.263 e. The summed E-state index contributed by atoms with van der Waals surface area (Å²) in [6.07, 6.45) is 0. The normalized spacial score (nSPS) is 10.5. The maximum atomic E-state index is 12.7. The molecule has 2 N–H and O–H groups in total. The Balaban J connectivity index is 1.70. The lowest BCUT2D eigenvalue weighted by Crippen LogP contribution is -2.22. The van der Waals surface area contributed by atoms with E-state index in [-0.39, 0.29) is 5.91 Å². The number of thiazole rings is 1. The lowest BCUT2D eigenvalue weighted by atomic mass is 10.1. The number of nitrogens with one attached hydrogen (secondary N) is 2. The van der Waals surface area contributed by atoms with Gasteiger partial charge in [-0.15, -0.1) is 0 Å². The summed E-state index contributed by atoms with van der Waals surface area (Å²) in [7, 11) is 3.20. The van der Waals surface area contributed by atoms with Crippen LogP contribution in [-0.4, -0.2) is 25.1 Å². The highest BCUT2D eigenvalue weighted by molar-refractivity contribution is 7.17. The summed E-state index contributed by atoms with van der Waals surface area (Å²) in [5.74, 6) is 1.21. The van der Waals surface area contributed by atoms with E-state index in [0.717, 1.165) is 16.8 Å². The molecule has 1 amide bonds. The van der Waals surface area contributed by atoms with Crippen LogP contribution in [0.1, 0.15) is 32.1 Å². The molecule has 0 spiro atoms. The molecule has 3 rings (SSSR count). The number of methoxy groups -OCH3 is 2. The molecular weight excluding hydrogens is 386 g/mol. The van der Waals surface area contributed by atoms with Gasteiger partial charge < -0.3 is 20.1 Å². The molecule has 0 bridgehead atoms. The lowest BCUT2D eigenvalue weighted by molar-refractivity contribution is 0.0954. The Labute approximate surface area is 174 Å². The number of rotatable bonds is 7. The predicted octanol–water partition coefficient (Wildman–Crippen LogP) is 4.76. The van der Waals surface area contributed by atoms with Gasteiger partial charge in [-0.3, -0.25) is 4.79 Å². The van der Waals surface area contributed by atoms with E-state index in [4.69, 9.17) is 9.47 Å². The Kier molecular flexibility index (Phi) is 6.39. The van der Waals surface area contributed by atoms with Gasteiger partial charge in [0, 0.05) is 23.9 Å². The van der Waals surface area contributed by atoms with Crippen LogP contribution >= 0.6 is 11.3 Å². The van der Waals surface area contributed by atoms with E-state index < -0.39 is 0 Å². The number of benzene rings is 2. The van der Waals surface area contributed by atoms with Crippen molar-refractivity contribution in [2.45, 2.75) is 27.3 Å². The van der Waals surface area contributed by atoms with Crippen LogP contribution in [-0.2, 0) is 6.54 Å². The van der Waals surface area contributed by atoms with Gasteiger partial charge in [0.05, 0.1) is 19.9 Å². The quantitative estimate of drug-likeness (QED) is 0.586. The molecule has 0 atom stereocenters. The average Bonchev–Trinajstić information content (AvgIpc) is 3.08. The second-order valence-electron chi connectivity index (χ2n) is 6.74. The van der Waals surface area contributed by atoms with Crippen molar-refractivity contribution < 1.29 is 14.3 Å². The largest absolute Gasteiger partial charge is 0.497 e. The molecule has 0 aliphatic carbocycles. The van der Waals surface area contributed by atoms with Crippen LogP contribution in [0.5, 0.6) is 11.5 Å². The van der Waals surface area contributed by atoms with Crippen LogP contribution in [0.15, 0.2) is 36.4 Å². The average molecular weight is 412 g/mol. The van der Waals surface area contributed by atoms with E-state index in [1.807, 2.05) is 38.1 Å². The minimum Gasteiger partial charge on any atom is -0.497 e. The molecule has 0 saturated heterocycles. The van der Waals surface area contributed by atoms with E-state index in [2.05, 4.69) is 28.6 Å². The number of nitrogens with zero attached hydrogens (tertiary/aromatic N) is 1. The second-order valence-corrected chi connectivity index (χ2v) is 7.74. The Morgan fingerprint density at radius 2 is 1.86 bits per heavy atom. The lowest BCUT2D eigenvalue weighted by Gasteiger charge is -2.11. The minimum absolute atomic E-state index is 0.161. The van der Waals surface area contributed by atoms with Gasteiger partial charge in [-0.1, -0.05) is 29.0 Å². The third-order valence-corrected chi connectivity index (χ3v) is 5.63. The summed E-state index contributed by atoms with van der Waals surface area (Å²) in [6, 6.07) is 11.7. The van der Waals surface area contributed by atoms with Gasteiger partial charge in [0.1, 0.15) is 16.4 Å². The summed E-state index contributed by atoms with van der Waals surface area (Å²) in [5, 5.41) is 6.96. The van der Waals surface area contributed by atoms with Gasteiger partial charge in [-0.25, -0.2) is 4.98 Å².